The predicted octanol–water partition coefficient (Wildman–Crippen LogP) is 2.93. The van der Waals surface area contributed by atoms with Crippen molar-refractivity contribution >= 4 is 29.1 Å². The van der Waals surface area contributed by atoms with Gasteiger partial charge in [0.05, 0.1) is 10.4 Å². The normalized spacial score (nSPS) is 25.0. The molecule has 2 aromatic rings. The molecule has 5 rings (SSSR count). The fourth-order valence-electron chi connectivity index (χ4n) is 3.91. The topological polar surface area (TPSA) is 80.3 Å². The molecule has 2 N–H and O–H groups in total. The zero-order valence-electron chi connectivity index (χ0n) is 14.3. The van der Waals surface area contributed by atoms with Gasteiger partial charge in [-0.25, -0.2) is 4.39 Å². The first-order valence-electron chi connectivity index (χ1n) is 8.50. The molecule has 1 aromatic heterocycles. The quantitative estimate of drug-likeness (QED) is 0.796. The number of carbonyl (C=O) groups excluding carboxylic acids is 2. The monoisotopic (exact) mass is 389 g/mol. The summed E-state index contributed by atoms with van der Waals surface area (Å²) in [6.07, 6.45) is 5.06. The Balaban J connectivity index is 1.25. The lowest BCUT2D eigenvalue weighted by Gasteiger charge is -2.69. The van der Waals surface area contributed by atoms with E-state index in [1.807, 2.05) is 0 Å². The van der Waals surface area contributed by atoms with Crippen LogP contribution in [-0.4, -0.2) is 28.9 Å². The number of amides is 2. The summed E-state index contributed by atoms with van der Waals surface area (Å²) in [4.78, 5) is 28.5. The number of rotatable bonds is 6. The first-order valence-corrected chi connectivity index (χ1v) is 8.88. The van der Waals surface area contributed by atoms with Gasteiger partial charge in [0, 0.05) is 29.7 Å². The highest BCUT2D eigenvalue weighted by atomic mass is 35.5. The number of benzene rings is 1. The lowest BCUT2D eigenvalue weighted by molar-refractivity contribution is -0.179. The highest BCUT2D eigenvalue weighted by molar-refractivity contribution is 6.30. The number of hydrogen-bond acceptors (Lipinski definition) is 4. The van der Waals surface area contributed by atoms with E-state index >= 15 is 0 Å². The van der Waals surface area contributed by atoms with E-state index in [4.69, 9.17) is 16.3 Å². The molecule has 3 saturated carbocycles. The summed E-state index contributed by atoms with van der Waals surface area (Å²) in [7, 11) is 0. The smallest absolute Gasteiger partial charge is 0.258 e. The van der Waals surface area contributed by atoms with Gasteiger partial charge in [-0.15, -0.1) is 0 Å². The van der Waals surface area contributed by atoms with Gasteiger partial charge in [-0.1, -0.05) is 11.6 Å². The summed E-state index contributed by atoms with van der Waals surface area (Å²) in [5.74, 6) is -0.695. The van der Waals surface area contributed by atoms with Gasteiger partial charge in [-0.05, 0) is 43.5 Å². The van der Waals surface area contributed by atoms with Crippen LogP contribution in [0.3, 0.4) is 0 Å². The Morgan fingerprint density at radius 3 is 2.56 bits per heavy atom. The molecule has 27 heavy (non-hydrogen) atoms. The van der Waals surface area contributed by atoms with Gasteiger partial charge in [0.25, 0.3) is 5.91 Å². The number of halogens is 2. The largest absolute Gasteiger partial charge is 0.484 e. The van der Waals surface area contributed by atoms with E-state index < -0.39 is 11.2 Å². The van der Waals surface area contributed by atoms with Crippen molar-refractivity contribution < 1.29 is 18.7 Å². The summed E-state index contributed by atoms with van der Waals surface area (Å²) in [5, 5.41) is 5.81. The molecule has 0 radical (unpaired) electrons. The van der Waals surface area contributed by atoms with Crippen LogP contribution in [0.4, 0.5) is 10.1 Å². The Morgan fingerprint density at radius 2 is 1.89 bits per heavy atom. The molecule has 3 aliphatic carbocycles. The maximum Gasteiger partial charge on any atom is 0.258 e. The first kappa shape index (κ1) is 17.7. The fraction of sp³-hybridized carbons (Fsp3) is 0.316. The van der Waals surface area contributed by atoms with Crippen LogP contribution >= 0.6 is 11.6 Å². The second kappa shape index (κ2) is 6.49. The van der Waals surface area contributed by atoms with Gasteiger partial charge >= 0.3 is 0 Å². The van der Waals surface area contributed by atoms with Crippen LogP contribution in [0.25, 0.3) is 0 Å². The van der Waals surface area contributed by atoms with Crippen molar-refractivity contribution in [2.45, 2.75) is 24.8 Å². The zero-order valence-corrected chi connectivity index (χ0v) is 15.1. The van der Waals surface area contributed by atoms with Crippen LogP contribution in [0.2, 0.25) is 5.02 Å². The van der Waals surface area contributed by atoms with Crippen molar-refractivity contribution in [2.24, 2.45) is 5.41 Å². The van der Waals surface area contributed by atoms with Crippen molar-refractivity contribution in [1.82, 2.24) is 10.3 Å². The Bertz CT molecular complexity index is 887. The van der Waals surface area contributed by atoms with Crippen molar-refractivity contribution in [3.63, 3.8) is 0 Å². The van der Waals surface area contributed by atoms with Crippen LogP contribution in [0.1, 0.15) is 19.3 Å². The van der Waals surface area contributed by atoms with Gasteiger partial charge in [0.1, 0.15) is 11.6 Å². The van der Waals surface area contributed by atoms with E-state index in [9.17, 15) is 14.0 Å². The number of aromatic nitrogens is 1. The summed E-state index contributed by atoms with van der Waals surface area (Å²) >= 11 is 5.61. The highest BCUT2D eigenvalue weighted by Crippen LogP contribution is 2.67. The second-order valence-corrected chi connectivity index (χ2v) is 7.60. The van der Waals surface area contributed by atoms with E-state index in [0.29, 0.717) is 24.9 Å². The summed E-state index contributed by atoms with van der Waals surface area (Å²) < 4.78 is 18.7. The van der Waals surface area contributed by atoms with Crippen molar-refractivity contribution in [2.75, 3.05) is 11.9 Å². The van der Waals surface area contributed by atoms with E-state index in [2.05, 4.69) is 15.6 Å². The molecule has 0 atom stereocenters. The van der Waals surface area contributed by atoms with E-state index in [1.54, 1.807) is 24.5 Å². The van der Waals surface area contributed by atoms with Crippen LogP contribution in [0.15, 0.2) is 42.7 Å². The van der Waals surface area contributed by atoms with Crippen LogP contribution in [0.5, 0.6) is 5.75 Å². The number of nitrogens with zero attached hydrogens (tertiary/aromatic N) is 1. The molecule has 3 aliphatic rings. The van der Waals surface area contributed by atoms with Gasteiger partial charge in [0.2, 0.25) is 5.91 Å². The molecule has 6 nitrogen and oxygen atoms in total. The summed E-state index contributed by atoms with van der Waals surface area (Å²) in [6, 6.07) is 7.47. The summed E-state index contributed by atoms with van der Waals surface area (Å²) in [6.45, 7) is -0.223. The molecule has 1 aromatic carbocycles. The first-order chi connectivity index (χ1) is 12.9. The molecular weight excluding hydrogens is 373 g/mol. The Morgan fingerprint density at radius 1 is 1.19 bits per heavy atom. The average Bonchev–Trinajstić information content (AvgIpc) is 2.58. The molecule has 8 heteroatoms. The highest BCUT2D eigenvalue weighted by Gasteiger charge is 2.72. The Kier molecular flexibility index (Phi) is 4.26. The number of hydrogen-bond donors (Lipinski definition) is 2. The van der Waals surface area contributed by atoms with Gasteiger partial charge in [0.15, 0.2) is 6.61 Å². The molecule has 0 unspecified atom stereocenters. The lowest BCUT2D eigenvalue weighted by Crippen LogP contribution is -2.78. The standard InChI is InChI=1S/C19H17ClFN3O3/c20-14-2-1-13(7-15(14)21)27-8-16(25)24-19-9-18(10-19,11-19)17(26)23-12-3-5-22-6-4-12/h1-7H,8-11H2,(H,24,25)(H,22,23,26). The number of ether oxygens (including phenoxy) is 1. The second-order valence-electron chi connectivity index (χ2n) is 7.19. The fourth-order valence-corrected chi connectivity index (χ4v) is 4.03. The third kappa shape index (κ3) is 3.35. The zero-order chi connectivity index (χ0) is 19.1. The minimum Gasteiger partial charge on any atom is -0.484 e. The predicted molar refractivity (Wildman–Crippen MR) is 96.9 cm³/mol. The molecule has 0 aliphatic heterocycles. The van der Waals surface area contributed by atoms with Crippen molar-refractivity contribution in [3.05, 3.63) is 53.6 Å². The van der Waals surface area contributed by atoms with Crippen LogP contribution in [-0.2, 0) is 9.59 Å². The van der Waals surface area contributed by atoms with E-state index in [1.165, 1.54) is 12.1 Å². The van der Waals surface area contributed by atoms with Crippen molar-refractivity contribution in [3.8, 4) is 5.75 Å². The lowest BCUT2D eigenvalue weighted by atomic mass is 9.39. The van der Waals surface area contributed by atoms with Gasteiger partial charge < -0.3 is 15.4 Å². The SMILES string of the molecule is O=C(COc1ccc(Cl)c(F)c1)NC12CC(C(=O)Nc3ccncc3)(C1)C2. The third-order valence-corrected chi connectivity index (χ3v) is 5.42. The molecule has 2 bridgehead atoms. The Labute approximate surface area is 160 Å². The van der Waals surface area contributed by atoms with E-state index in [-0.39, 0.29) is 34.7 Å². The van der Waals surface area contributed by atoms with Crippen molar-refractivity contribution in [1.29, 1.82) is 0 Å². The molecule has 3 fully saturated rings. The number of pyridine rings is 1. The molecule has 140 valence electrons. The maximum absolute atomic E-state index is 13.4. The van der Waals surface area contributed by atoms with Gasteiger partial charge in [-0.3, -0.25) is 14.6 Å². The van der Waals surface area contributed by atoms with E-state index in [0.717, 1.165) is 6.07 Å². The van der Waals surface area contributed by atoms with Crippen LogP contribution in [0, 0.1) is 11.2 Å². The molecule has 0 saturated heterocycles. The number of nitrogens with one attached hydrogen (secondary N) is 2. The minimum atomic E-state index is -0.601. The number of carbonyl (C=O) groups is 2. The molecule has 0 spiro atoms. The third-order valence-electron chi connectivity index (χ3n) is 5.12. The minimum absolute atomic E-state index is 0.00370. The summed E-state index contributed by atoms with van der Waals surface area (Å²) in [5.41, 5.74) is -0.0285. The average molecular weight is 390 g/mol. The molecular formula is C19H17ClFN3O3. The molecule has 2 amide bonds. The van der Waals surface area contributed by atoms with Gasteiger partial charge in [-0.2, -0.15) is 0 Å². The molecule has 1 heterocycles. The Hall–Kier alpha value is -2.67. The van der Waals surface area contributed by atoms with Crippen LogP contribution < -0.4 is 15.4 Å². The number of anilines is 1. The maximum atomic E-state index is 13.4.